The van der Waals surface area contributed by atoms with Gasteiger partial charge in [0, 0.05) is 18.9 Å². The first kappa shape index (κ1) is 14.0. The topological polar surface area (TPSA) is 60.1 Å². The van der Waals surface area contributed by atoms with Crippen LogP contribution in [0.4, 0.5) is 4.39 Å². The number of aryl methyl sites for hydroxylation is 1. The van der Waals surface area contributed by atoms with E-state index in [0.29, 0.717) is 24.8 Å². The van der Waals surface area contributed by atoms with Crippen LogP contribution >= 0.6 is 0 Å². The molecule has 0 atom stereocenters. The number of hydrogen-bond donors (Lipinski definition) is 0. The van der Waals surface area contributed by atoms with Crippen molar-refractivity contribution in [2.75, 3.05) is 20.3 Å². The molecule has 20 heavy (non-hydrogen) atoms. The van der Waals surface area contributed by atoms with Gasteiger partial charge in [-0.1, -0.05) is 0 Å². The SMILES string of the molecule is COCCOc1cc(C)n(-c2cc(F)cc(C#N)c2)n1. The summed E-state index contributed by atoms with van der Waals surface area (Å²) in [7, 11) is 1.59. The molecule has 0 aliphatic rings. The number of aromatic nitrogens is 2. The predicted octanol–water partition coefficient (Wildman–Crippen LogP) is 2.22. The summed E-state index contributed by atoms with van der Waals surface area (Å²) in [6.07, 6.45) is 0. The molecule has 0 saturated heterocycles. The molecule has 0 amide bonds. The van der Waals surface area contributed by atoms with E-state index in [1.165, 1.54) is 16.8 Å². The van der Waals surface area contributed by atoms with Gasteiger partial charge < -0.3 is 9.47 Å². The zero-order valence-electron chi connectivity index (χ0n) is 11.3. The number of ether oxygens (including phenoxy) is 2. The molecule has 0 saturated carbocycles. The van der Waals surface area contributed by atoms with Crippen LogP contribution in [0.25, 0.3) is 5.69 Å². The monoisotopic (exact) mass is 275 g/mol. The Balaban J connectivity index is 2.29. The summed E-state index contributed by atoms with van der Waals surface area (Å²) >= 11 is 0. The molecule has 0 unspecified atom stereocenters. The fourth-order valence-corrected chi connectivity index (χ4v) is 1.77. The van der Waals surface area contributed by atoms with Gasteiger partial charge >= 0.3 is 0 Å². The zero-order valence-corrected chi connectivity index (χ0v) is 11.3. The maximum absolute atomic E-state index is 13.4. The van der Waals surface area contributed by atoms with Gasteiger partial charge in [0.05, 0.1) is 23.9 Å². The van der Waals surface area contributed by atoms with Crippen LogP contribution in [0, 0.1) is 24.1 Å². The van der Waals surface area contributed by atoms with Gasteiger partial charge in [0.1, 0.15) is 12.4 Å². The quantitative estimate of drug-likeness (QED) is 0.785. The average molecular weight is 275 g/mol. The molecule has 2 rings (SSSR count). The van der Waals surface area contributed by atoms with Crippen molar-refractivity contribution in [3.05, 3.63) is 41.3 Å². The standard InChI is InChI=1S/C14H14FN3O2/c1-10-5-14(20-4-3-19-2)17-18(10)13-7-11(9-16)6-12(15)8-13/h5-8H,3-4H2,1-2H3. The molecule has 0 spiro atoms. The van der Waals surface area contributed by atoms with E-state index in [0.717, 1.165) is 5.69 Å². The van der Waals surface area contributed by atoms with E-state index in [1.807, 2.05) is 13.0 Å². The lowest BCUT2D eigenvalue weighted by Crippen LogP contribution is -2.05. The molecule has 1 aromatic carbocycles. The minimum absolute atomic E-state index is 0.247. The molecule has 0 aliphatic carbocycles. The number of halogens is 1. The van der Waals surface area contributed by atoms with Gasteiger partial charge in [0.15, 0.2) is 0 Å². The molecule has 0 radical (unpaired) electrons. The van der Waals surface area contributed by atoms with E-state index in [1.54, 1.807) is 19.2 Å². The van der Waals surface area contributed by atoms with Crippen LogP contribution in [0.3, 0.4) is 0 Å². The fourth-order valence-electron chi connectivity index (χ4n) is 1.77. The van der Waals surface area contributed by atoms with Crippen molar-refractivity contribution < 1.29 is 13.9 Å². The Hall–Kier alpha value is -2.39. The first-order valence-corrected chi connectivity index (χ1v) is 6.03. The van der Waals surface area contributed by atoms with E-state index in [-0.39, 0.29) is 5.56 Å². The normalized spacial score (nSPS) is 10.3. The molecule has 0 fully saturated rings. The second kappa shape index (κ2) is 6.17. The van der Waals surface area contributed by atoms with Crippen molar-refractivity contribution in [1.29, 1.82) is 5.26 Å². The zero-order chi connectivity index (χ0) is 14.5. The fraction of sp³-hybridized carbons (Fsp3) is 0.286. The minimum Gasteiger partial charge on any atom is -0.474 e. The number of benzene rings is 1. The molecular formula is C14H14FN3O2. The lowest BCUT2D eigenvalue weighted by Gasteiger charge is -2.05. The third-order valence-electron chi connectivity index (χ3n) is 2.66. The van der Waals surface area contributed by atoms with Crippen molar-refractivity contribution in [3.63, 3.8) is 0 Å². The molecule has 104 valence electrons. The molecule has 0 aliphatic heterocycles. The van der Waals surface area contributed by atoms with Crippen LogP contribution < -0.4 is 4.74 Å². The molecule has 0 N–H and O–H groups in total. The summed E-state index contributed by atoms with van der Waals surface area (Å²) in [4.78, 5) is 0. The van der Waals surface area contributed by atoms with Crippen molar-refractivity contribution >= 4 is 0 Å². The third kappa shape index (κ3) is 3.13. The van der Waals surface area contributed by atoms with Gasteiger partial charge in [0.2, 0.25) is 5.88 Å². The van der Waals surface area contributed by atoms with E-state index >= 15 is 0 Å². The van der Waals surface area contributed by atoms with E-state index in [2.05, 4.69) is 5.10 Å². The summed E-state index contributed by atoms with van der Waals surface area (Å²) in [5.74, 6) is -0.0434. The van der Waals surface area contributed by atoms with Crippen molar-refractivity contribution in [1.82, 2.24) is 9.78 Å². The molecule has 1 heterocycles. The van der Waals surface area contributed by atoms with Gasteiger partial charge in [0.25, 0.3) is 0 Å². The Bertz CT molecular complexity index is 646. The van der Waals surface area contributed by atoms with Crippen molar-refractivity contribution in [3.8, 4) is 17.6 Å². The second-order valence-electron chi connectivity index (χ2n) is 4.19. The smallest absolute Gasteiger partial charge is 0.233 e. The van der Waals surface area contributed by atoms with Gasteiger partial charge in [-0.3, -0.25) is 0 Å². The molecule has 2 aromatic rings. The Morgan fingerprint density at radius 1 is 1.30 bits per heavy atom. The van der Waals surface area contributed by atoms with Gasteiger partial charge in [-0.2, -0.15) is 5.26 Å². The van der Waals surface area contributed by atoms with E-state index in [4.69, 9.17) is 14.7 Å². The van der Waals surface area contributed by atoms with Crippen LogP contribution in [-0.2, 0) is 4.74 Å². The van der Waals surface area contributed by atoms with Crippen molar-refractivity contribution in [2.24, 2.45) is 0 Å². The Morgan fingerprint density at radius 2 is 2.10 bits per heavy atom. The maximum atomic E-state index is 13.4. The number of rotatable bonds is 5. The molecule has 0 bridgehead atoms. The van der Waals surface area contributed by atoms with E-state index in [9.17, 15) is 4.39 Å². The number of hydrogen-bond acceptors (Lipinski definition) is 4. The van der Waals surface area contributed by atoms with Crippen LogP contribution in [0.5, 0.6) is 5.88 Å². The first-order valence-electron chi connectivity index (χ1n) is 6.03. The number of nitriles is 1. The van der Waals surface area contributed by atoms with Crippen molar-refractivity contribution in [2.45, 2.75) is 6.92 Å². The molecular weight excluding hydrogens is 261 g/mol. The highest BCUT2D eigenvalue weighted by atomic mass is 19.1. The number of methoxy groups -OCH3 is 1. The van der Waals surface area contributed by atoms with Gasteiger partial charge in [-0.15, -0.1) is 5.10 Å². The molecule has 1 aromatic heterocycles. The molecule has 6 heteroatoms. The van der Waals surface area contributed by atoms with Crippen LogP contribution in [0.15, 0.2) is 24.3 Å². The third-order valence-corrected chi connectivity index (χ3v) is 2.66. The lowest BCUT2D eigenvalue weighted by atomic mass is 10.2. The molecule has 5 nitrogen and oxygen atoms in total. The second-order valence-corrected chi connectivity index (χ2v) is 4.19. The Labute approximate surface area is 116 Å². The summed E-state index contributed by atoms with van der Waals surface area (Å²) in [6.45, 7) is 2.68. The minimum atomic E-state index is -0.476. The first-order chi connectivity index (χ1) is 9.63. The summed E-state index contributed by atoms with van der Waals surface area (Å²) in [5, 5.41) is 13.1. The highest BCUT2D eigenvalue weighted by molar-refractivity contribution is 5.42. The summed E-state index contributed by atoms with van der Waals surface area (Å²) < 4.78 is 25.3. The van der Waals surface area contributed by atoms with Gasteiger partial charge in [-0.25, -0.2) is 9.07 Å². The predicted molar refractivity (Wildman–Crippen MR) is 70.3 cm³/mol. The average Bonchev–Trinajstić information content (AvgIpc) is 2.79. The highest BCUT2D eigenvalue weighted by Crippen LogP contribution is 2.18. The highest BCUT2D eigenvalue weighted by Gasteiger charge is 2.09. The maximum Gasteiger partial charge on any atom is 0.233 e. The lowest BCUT2D eigenvalue weighted by molar-refractivity contribution is 0.143. The summed E-state index contributed by atoms with van der Waals surface area (Å²) in [6, 6.07) is 7.73. The number of nitrogens with zero attached hydrogens (tertiary/aromatic N) is 3. The largest absolute Gasteiger partial charge is 0.474 e. The Kier molecular flexibility index (Phi) is 4.33. The van der Waals surface area contributed by atoms with Crippen LogP contribution in [0.2, 0.25) is 0 Å². The Morgan fingerprint density at radius 3 is 2.80 bits per heavy atom. The summed E-state index contributed by atoms with van der Waals surface area (Å²) in [5.41, 5.74) is 1.52. The van der Waals surface area contributed by atoms with Crippen LogP contribution in [-0.4, -0.2) is 30.1 Å². The van der Waals surface area contributed by atoms with Crippen LogP contribution in [0.1, 0.15) is 11.3 Å². The van der Waals surface area contributed by atoms with E-state index < -0.39 is 5.82 Å². The van der Waals surface area contributed by atoms with Gasteiger partial charge in [-0.05, 0) is 25.1 Å².